The molecule has 2 aromatic rings. The van der Waals surface area contributed by atoms with Gasteiger partial charge in [0.1, 0.15) is 19.8 Å². The summed E-state index contributed by atoms with van der Waals surface area (Å²) in [6.07, 6.45) is 19.3. The molecule has 1 fully saturated rings. The molecule has 0 spiro atoms. The van der Waals surface area contributed by atoms with Crippen LogP contribution in [0.1, 0.15) is 110 Å². The van der Waals surface area contributed by atoms with E-state index in [9.17, 15) is 29.1 Å². The highest BCUT2D eigenvalue weighted by Gasteiger charge is 2.38. The van der Waals surface area contributed by atoms with Crippen LogP contribution < -0.4 is 20.6 Å². The third kappa shape index (κ3) is 16.2. The number of unbranched alkanes of at least 4 members (excludes halogenated alkanes) is 6. The lowest BCUT2D eigenvalue weighted by Crippen LogP contribution is -2.42. The second kappa shape index (κ2) is 28.4. The van der Waals surface area contributed by atoms with Gasteiger partial charge in [-0.1, -0.05) is 48.6 Å². The molecule has 0 aromatic heterocycles. The molecular formula is C58H76N4O10. The lowest BCUT2D eigenvalue weighted by atomic mass is 9.71. The van der Waals surface area contributed by atoms with Gasteiger partial charge in [0.05, 0.1) is 26.3 Å². The Kier molecular flexibility index (Phi) is 22.1. The van der Waals surface area contributed by atoms with E-state index in [1.54, 1.807) is 0 Å². The summed E-state index contributed by atoms with van der Waals surface area (Å²) in [5, 5.41) is 19.1. The Hall–Kier alpha value is -6.70. The minimum Gasteiger partial charge on any atom is -0.872 e. The van der Waals surface area contributed by atoms with Crippen LogP contribution in [0.4, 0.5) is 21.0 Å². The van der Waals surface area contributed by atoms with E-state index in [1.807, 2.05) is 24.3 Å². The zero-order valence-corrected chi connectivity index (χ0v) is 43.5. The largest absolute Gasteiger partial charge is 0.872 e. The summed E-state index contributed by atoms with van der Waals surface area (Å²) in [6.45, 7) is 22.2. The highest BCUT2D eigenvalue weighted by atomic mass is 16.6. The van der Waals surface area contributed by atoms with Crippen molar-refractivity contribution in [2.75, 3.05) is 57.5 Å². The molecule has 72 heavy (non-hydrogen) atoms. The molecule has 0 aliphatic heterocycles. The Balaban J connectivity index is 1.16. The van der Waals surface area contributed by atoms with E-state index in [1.165, 1.54) is 39.1 Å². The fourth-order valence-corrected chi connectivity index (χ4v) is 10.2. The number of rotatable bonds is 26. The number of ether oxygens (including phenoxy) is 4. The van der Waals surface area contributed by atoms with Gasteiger partial charge in [0.2, 0.25) is 11.4 Å². The number of benzene rings is 2. The minimum atomic E-state index is -0.549. The van der Waals surface area contributed by atoms with E-state index >= 15 is 0 Å². The molecule has 0 heterocycles. The van der Waals surface area contributed by atoms with Gasteiger partial charge >= 0.3 is 24.1 Å². The predicted octanol–water partition coefficient (Wildman–Crippen LogP) is 9.34. The Morgan fingerprint density at radius 3 is 1.64 bits per heavy atom. The predicted molar refractivity (Wildman–Crippen MR) is 279 cm³/mol. The number of anilines is 1. The summed E-state index contributed by atoms with van der Waals surface area (Å²) in [4.78, 5) is 62.8. The molecule has 0 bridgehead atoms. The van der Waals surface area contributed by atoms with Crippen molar-refractivity contribution in [3.63, 3.8) is 0 Å². The number of carbonyl (C=O) groups excluding carboxylic acids is 5. The molecular weight excluding hydrogens is 913 g/mol. The summed E-state index contributed by atoms with van der Waals surface area (Å²) in [5.41, 5.74) is 12.0. The van der Waals surface area contributed by atoms with Gasteiger partial charge in [-0.2, -0.15) is 4.58 Å². The highest BCUT2D eigenvalue weighted by molar-refractivity contribution is 6.20. The van der Waals surface area contributed by atoms with Gasteiger partial charge in [-0.25, -0.2) is 19.2 Å². The number of hydrogen-bond donors (Lipinski definition) is 2. The number of amides is 2. The molecule has 3 aliphatic rings. The molecule has 1 saturated carbocycles. The second-order valence-electron chi connectivity index (χ2n) is 19.0. The van der Waals surface area contributed by atoms with E-state index in [-0.39, 0.29) is 62.0 Å². The van der Waals surface area contributed by atoms with Crippen LogP contribution in [0.2, 0.25) is 0 Å². The highest BCUT2D eigenvalue weighted by Crippen LogP contribution is 2.43. The van der Waals surface area contributed by atoms with E-state index in [0.717, 1.165) is 107 Å². The maximum absolute atomic E-state index is 13.9. The van der Waals surface area contributed by atoms with Crippen LogP contribution in [0, 0.1) is 47.5 Å². The van der Waals surface area contributed by atoms with E-state index in [4.69, 9.17) is 18.9 Å². The van der Waals surface area contributed by atoms with Gasteiger partial charge in [-0.3, -0.25) is 4.79 Å². The Morgan fingerprint density at radius 2 is 1.14 bits per heavy atom. The molecule has 0 saturated heterocycles. The number of esters is 2. The van der Waals surface area contributed by atoms with Crippen LogP contribution in [-0.4, -0.2) is 98.8 Å². The van der Waals surface area contributed by atoms with Crippen LogP contribution in [0.15, 0.2) is 96.4 Å². The summed E-state index contributed by atoms with van der Waals surface area (Å²) < 4.78 is 22.6. The number of alkyl carbamates (subject to hydrolysis) is 2. The van der Waals surface area contributed by atoms with Crippen LogP contribution in [0.3, 0.4) is 0 Å². The van der Waals surface area contributed by atoms with Gasteiger partial charge < -0.3 is 39.6 Å². The van der Waals surface area contributed by atoms with Crippen LogP contribution in [0.5, 0.6) is 0 Å². The first kappa shape index (κ1) is 56.2. The number of nitrogens with one attached hydrogen (secondary N) is 2. The van der Waals surface area contributed by atoms with Crippen molar-refractivity contribution in [2.45, 2.75) is 125 Å². The molecule has 388 valence electrons. The molecule has 14 nitrogen and oxygen atoms in total. The first-order chi connectivity index (χ1) is 34.6. The van der Waals surface area contributed by atoms with Crippen molar-refractivity contribution in [2.24, 2.45) is 5.92 Å². The molecule has 0 unspecified atom stereocenters. The van der Waals surface area contributed by atoms with Gasteiger partial charge in [0.25, 0.3) is 0 Å². The monoisotopic (exact) mass is 989 g/mol. The Labute approximate surface area is 426 Å². The lowest BCUT2D eigenvalue weighted by Gasteiger charge is -2.43. The molecule has 2 N–H and O–H groups in total. The fourth-order valence-electron chi connectivity index (χ4n) is 10.2. The fraction of sp³-hybridized carbons (Fsp3) is 0.483. The van der Waals surface area contributed by atoms with Crippen molar-refractivity contribution in [1.82, 2.24) is 10.6 Å². The number of carbonyl (C=O) groups is 5. The van der Waals surface area contributed by atoms with E-state index < -0.39 is 24.1 Å². The number of ketones is 1. The molecule has 2 amide bonds. The zero-order chi connectivity index (χ0) is 52.2. The quantitative estimate of drug-likeness (QED) is 0.0302. The van der Waals surface area contributed by atoms with Gasteiger partial charge in [-0.05, 0) is 158 Å². The van der Waals surface area contributed by atoms with Crippen molar-refractivity contribution in [3.05, 3.63) is 130 Å². The third-order valence-corrected chi connectivity index (χ3v) is 13.4. The molecule has 5 rings (SSSR count). The van der Waals surface area contributed by atoms with Gasteiger partial charge in [-0.15, -0.1) is 0 Å². The topological polar surface area (TPSA) is 176 Å². The van der Waals surface area contributed by atoms with Crippen molar-refractivity contribution in [3.8, 4) is 0 Å². The Morgan fingerprint density at radius 1 is 0.653 bits per heavy atom. The van der Waals surface area contributed by atoms with Crippen molar-refractivity contribution in [1.29, 1.82) is 0 Å². The molecule has 0 radical (unpaired) electrons. The number of hydrogen-bond acceptors (Lipinski definition) is 11. The smallest absolute Gasteiger partial charge is 0.407 e. The summed E-state index contributed by atoms with van der Waals surface area (Å²) >= 11 is 0. The zero-order valence-electron chi connectivity index (χ0n) is 43.5. The number of nitrogens with zero attached hydrogens (tertiary/aromatic N) is 2. The SMILES string of the molecule is C=CC(=O)OCCNC(=O)OCCCCCCN(c1c(C)cc(C)cc1C)C1CCC(C2=C([O-])C(=C3C=CC(=[N+](CCCCCCOC(=O)NCCOC(=O)C=C)c4c(C)cc(C)cc4C)C=C3)C2=O)CC1. The summed E-state index contributed by atoms with van der Waals surface area (Å²) in [5.74, 6) is -1.38. The molecule has 2 aromatic carbocycles. The number of Topliss-reactive ketones (excluding diaryl/α,β-unsaturated/α-hetero) is 1. The maximum Gasteiger partial charge on any atom is 0.407 e. The lowest BCUT2D eigenvalue weighted by molar-refractivity contribution is -0.440. The van der Waals surface area contributed by atoms with Crippen LogP contribution >= 0.6 is 0 Å². The van der Waals surface area contributed by atoms with Crippen molar-refractivity contribution >= 4 is 47.0 Å². The molecule has 14 heteroatoms. The Bertz CT molecular complexity index is 2410. The standard InChI is InChI=1S/C58H76N4O10/c1-9-49(63)69-33-27-59-57(67)71-31-17-13-11-15-29-61(53-41(5)35-39(3)36-42(53)6)47-23-19-45(20-24-47)51-55(65)52(56(51)66)46-21-25-48(26-22-46)62(54-43(7)37-40(4)38-44(54)8)30-16-12-14-18-32-72-58(68)60-28-34-70-50(64)10-2/h9-10,19-20,23-24,35-38,46,48H,1-2,11-18,21-22,25-34H2,3-8H3,(H2-,59,60,65,66,67,68). The second-order valence-corrected chi connectivity index (χ2v) is 19.0. The van der Waals surface area contributed by atoms with Gasteiger partial charge in [0.15, 0.2) is 5.78 Å². The average Bonchev–Trinajstić information content (AvgIpc) is 3.34. The first-order valence-electron chi connectivity index (χ1n) is 25.7. The molecule has 3 aliphatic carbocycles. The number of aryl methyl sites for hydroxylation is 6. The molecule has 0 atom stereocenters. The summed E-state index contributed by atoms with van der Waals surface area (Å²) in [7, 11) is 0. The normalized spacial score (nSPS) is 16.2. The first-order valence-corrected chi connectivity index (χ1v) is 25.7. The average molecular weight is 989 g/mol. The van der Waals surface area contributed by atoms with E-state index in [0.29, 0.717) is 24.2 Å². The third-order valence-electron chi connectivity index (χ3n) is 13.4. The maximum atomic E-state index is 13.9. The number of allylic oxidation sites excluding steroid dienone is 7. The van der Waals surface area contributed by atoms with Crippen LogP contribution in [-0.2, 0) is 33.3 Å². The van der Waals surface area contributed by atoms with Gasteiger partial charge in [0, 0.05) is 65.7 Å². The summed E-state index contributed by atoms with van der Waals surface area (Å²) in [6, 6.07) is 9.14. The van der Waals surface area contributed by atoms with E-state index in [2.05, 4.69) is 99.1 Å². The minimum absolute atomic E-state index is 0.0443. The van der Waals surface area contributed by atoms with Crippen LogP contribution in [0.25, 0.3) is 0 Å². The van der Waals surface area contributed by atoms with Crippen molar-refractivity contribution < 1.29 is 52.6 Å².